The Morgan fingerprint density at radius 1 is 0.979 bits per heavy atom. The van der Waals surface area contributed by atoms with Crippen molar-refractivity contribution in [2.45, 2.75) is 55.9 Å². The van der Waals surface area contributed by atoms with Gasteiger partial charge < -0.3 is 29.9 Å². The number of methoxy groups -OCH3 is 2. The van der Waals surface area contributed by atoms with Crippen LogP contribution in [0.3, 0.4) is 0 Å². The van der Waals surface area contributed by atoms with Gasteiger partial charge >= 0.3 is 0 Å². The van der Waals surface area contributed by atoms with Gasteiger partial charge in [-0.05, 0) is 66.8 Å². The third-order valence-electron chi connectivity index (χ3n) is 8.12. The number of aliphatic hydroxyl groups excluding tert-OH is 2. The Labute approximate surface area is 277 Å². The normalized spacial score (nSPS) is 17.9. The number of amides is 2. The summed E-state index contributed by atoms with van der Waals surface area (Å²) in [6.07, 6.45) is -1.30. The number of ether oxygens (including phenoxy) is 2. The minimum absolute atomic E-state index is 0.0436. The molecule has 0 aliphatic carbocycles. The van der Waals surface area contributed by atoms with E-state index in [1.54, 1.807) is 35.2 Å². The lowest BCUT2D eigenvalue weighted by molar-refractivity contribution is 0.0622. The van der Waals surface area contributed by atoms with Crippen molar-refractivity contribution in [1.82, 2.24) is 14.5 Å². The first-order valence-electron chi connectivity index (χ1n) is 15.7. The third-order valence-corrected chi connectivity index (χ3v) is 9.97. The lowest BCUT2D eigenvalue weighted by atomic mass is 10.00. The first-order valence-corrected chi connectivity index (χ1v) is 17.1. The zero-order valence-electron chi connectivity index (χ0n) is 27.3. The molecule has 11 nitrogen and oxygen atoms in total. The maximum Gasteiger partial charge on any atom is 0.254 e. The number of nitrogens with zero attached hydrogens (tertiary/aromatic N) is 2. The summed E-state index contributed by atoms with van der Waals surface area (Å²) in [6.45, 7) is 4.12. The number of carbonyl (C=O) groups excluding carboxylic acids is 2. The zero-order chi connectivity index (χ0) is 34.1. The number of benzene rings is 3. The highest BCUT2D eigenvalue weighted by atomic mass is 32.2. The highest BCUT2D eigenvalue weighted by Crippen LogP contribution is 2.23. The molecule has 3 aromatic rings. The Kier molecular flexibility index (Phi) is 12.5. The number of hydrogen-bond donors (Lipinski definition) is 3. The molecule has 0 unspecified atom stereocenters. The van der Waals surface area contributed by atoms with E-state index in [1.165, 1.54) is 36.7 Å². The molecule has 3 N–H and O–H groups in total. The summed E-state index contributed by atoms with van der Waals surface area (Å²) in [5.74, 6) is -0.378. The summed E-state index contributed by atoms with van der Waals surface area (Å²) in [4.78, 5) is 28.7. The number of hydrogen-bond acceptors (Lipinski definition) is 8. The summed E-state index contributed by atoms with van der Waals surface area (Å²) in [7, 11) is -0.969. The molecule has 47 heavy (non-hydrogen) atoms. The second-order valence-corrected chi connectivity index (χ2v) is 14.2. The first kappa shape index (κ1) is 36.0. The summed E-state index contributed by atoms with van der Waals surface area (Å²) in [5, 5.41) is 24.7. The number of sulfonamides is 1. The SMILES string of the molecule is COC[C@@H]1C[C@H](O)CN1C(=O)c1cccc(C(=O)N[C@@H](Cc2ccccc2)[C@H](O)CN(CC(C)C)S(=O)(=O)c2ccc(OC)cc2)c1. The van der Waals surface area contributed by atoms with E-state index in [1.807, 2.05) is 44.2 Å². The lowest BCUT2D eigenvalue weighted by Gasteiger charge is -2.31. The average molecular weight is 668 g/mol. The van der Waals surface area contributed by atoms with E-state index >= 15 is 0 Å². The molecule has 0 aromatic heterocycles. The number of likely N-dealkylation sites (tertiary alicyclic amines) is 1. The summed E-state index contributed by atoms with van der Waals surface area (Å²) >= 11 is 0. The minimum atomic E-state index is -4.00. The molecule has 1 aliphatic rings. The van der Waals surface area contributed by atoms with Crippen LogP contribution in [0.2, 0.25) is 0 Å². The van der Waals surface area contributed by atoms with Gasteiger partial charge in [0.1, 0.15) is 5.75 Å². The van der Waals surface area contributed by atoms with E-state index < -0.39 is 34.2 Å². The van der Waals surface area contributed by atoms with Gasteiger partial charge in [0.05, 0.1) is 42.9 Å². The van der Waals surface area contributed by atoms with Crippen molar-refractivity contribution in [3.8, 4) is 5.75 Å². The number of rotatable bonds is 15. The van der Waals surface area contributed by atoms with Gasteiger partial charge in [0.2, 0.25) is 10.0 Å². The largest absolute Gasteiger partial charge is 0.497 e. The predicted octanol–water partition coefficient (Wildman–Crippen LogP) is 2.97. The van der Waals surface area contributed by atoms with Crippen LogP contribution in [-0.4, -0.2) is 104 Å². The molecule has 1 fully saturated rings. The van der Waals surface area contributed by atoms with Crippen molar-refractivity contribution in [3.05, 3.63) is 95.6 Å². The molecule has 0 spiro atoms. The second kappa shape index (κ2) is 16.3. The molecule has 0 radical (unpaired) electrons. The van der Waals surface area contributed by atoms with Gasteiger partial charge in [-0.15, -0.1) is 0 Å². The van der Waals surface area contributed by atoms with Gasteiger partial charge in [0.15, 0.2) is 0 Å². The van der Waals surface area contributed by atoms with Crippen LogP contribution in [0.1, 0.15) is 46.5 Å². The van der Waals surface area contributed by atoms with Crippen LogP contribution in [0.5, 0.6) is 5.75 Å². The fourth-order valence-electron chi connectivity index (χ4n) is 5.76. The Balaban J connectivity index is 1.58. The molecule has 254 valence electrons. The van der Waals surface area contributed by atoms with Crippen LogP contribution in [-0.2, 0) is 21.2 Å². The number of carbonyl (C=O) groups is 2. The fourth-order valence-corrected chi connectivity index (χ4v) is 7.39. The van der Waals surface area contributed by atoms with Gasteiger partial charge in [-0.1, -0.05) is 50.2 Å². The van der Waals surface area contributed by atoms with Crippen molar-refractivity contribution >= 4 is 21.8 Å². The Bertz CT molecular complexity index is 1580. The Morgan fingerprint density at radius 3 is 2.30 bits per heavy atom. The number of nitrogens with one attached hydrogen (secondary N) is 1. The fraction of sp³-hybridized carbons (Fsp3) is 0.429. The Morgan fingerprint density at radius 2 is 1.66 bits per heavy atom. The molecule has 1 saturated heterocycles. The van der Waals surface area contributed by atoms with E-state index in [0.717, 1.165) is 5.56 Å². The zero-order valence-corrected chi connectivity index (χ0v) is 28.1. The standard InChI is InChI=1S/C35H45N3O8S/c1-24(2)20-37(47(43,44)31-15-13-30(46-4)14-16-31)22-33(40)32(17-25-9-6-5-7-10-25)36-34(41)26-11-8-12-27(18-26)35(42)38-21-29(39)19-28(38)23-45-3/h5-16,18,24,28-29,32-33,39-40H,17,19-23H2,1-4H3,(H,36,41)/t28-,29-,32-,33+/m0/s1. The summed E-state index contributed by atoms with van der Waals surface area (Å²) in [5.41, 5.74) is 1.32. The monoisotopic (exact) mass is 667 g/mol. The van der Waals surface area contributed by atoms with Crippen molar-refractivity contribution in [2.75, 3.05) is 40.5 Å². The van der Waals surface area contributed by atoms with Crippen molar-refractivity contribution in [2.24, 2.45) is 5.92 Å². The van der Waals surface area contributed by atoms with Gasteiger partial charge in [0.25, 0.3) is 11.8 Å². The molecule has 12 heteroatoms. The van der Waals surface area contributed by atoms with Crippen molar-refractivity contribution in [3.63, 3.8) is 0 Å². The molecular formula is C35H45N3O8S. The Hall–Kier alpha value is -3.81. The lowest BCUT2D eigenvalue weighted by Crippen LogP contribution is -2.51. The smallest absolute Gasteiger partial charge is 0.254 e. The first-order chi connectivity index (χ1) is 22.4. The van der Waals surface area contributed by atoms with E-state index in [4.69, 9.17) is 9.47 Å². The second-order valence-electron chi connectivity index (χ2n) is 12.3. The molecule has 3 aromatic carbocycles. The molecule has 4 atom stereocenters. The molecule has 1 aliphatic heterocycles. The third kappa shape index (κ3) is 9.39. The highest BCUT2D eigenvalue weighted by Gasteiger charge is 2.35. The summed E-state index contributed by atoms with van der Waals surface area (Å²) < 4.78 is 39.1. The van der Waals surface area contributed by atoms with Crippen LogP contribution in [0.25, 0.3) is 0 Å². The average Bonchev–Trinajstić information content (AvgIpc) is 3.43. The molecular weight excluding hydrogens is 622 g/mol. The van der Waals surface area contributed by atoms with Crippen LogP contribution in [0, 0.1) is 5.92 Å². The summed E-state index contributed by atoms with van der Waals surface area (Å²) in [6, 6.07) is 20.5. The topological polar surface area (TPSA) is 146 Å². The van der Waals surface area contributed by atoms with Gasteiger partial charge in [-0.3, -0.25) is 9.59 Å². The van der Waals surface area contributed by atoms with E-state index in [9.17, 15) is 28.2 Å². The van der Waals surface area contributed by atoms with Crippen LogP contribution >= 0.6 is 0 Å². The molecule has 4 rings (SSSR count). The number of β-amino-alcohol motifs (C(OH)–C–C–N with tert-alkyl or cyclic N) is 1. The van der Waals surface area contributed by atoms with Crippen molar-refractivity contribution in [1.29, 1.82) is 0 Å². The number of aliphatic hydroxyl groups is 2. The van der Waals surface area contributed by atoms with Gasteiger partial charge in [0, 0.05) is 37.9 Å². The van der Waals surface area contributed by atoms with Crippen LogP contribution in [0.4, 0.5) is 0 Å². The maximum absolute atomic E-state index is 13.7. The molecule has 0 bridgehead atoms. The molecule has 0 saturated carbocycles. The van der Waals surface area contributed by atoms with Crippen LogP contribution in [0.15, 0.2) is 83.8 Å². The van der Waals surface area contributed by atoms with Crippen molar-refractivity contribution < 1.29 is 37.7 Å². The minimum Gasteiger partial charge on any atom is -0.497 e. The van der Waals surface area contributed by atoms with Crippen LogP contribution < -0.4 is 10.1 Å². The predicted molar refractivity (Wildman–Crippen MR) is 178 cm³/mol. The molecule has 2 amide bonds. The quantitative estimate of drug-likeness (QED) is 0.224. The highest BCUT2D eigenvalue weighted by molar-refractivity contribution is 7.89. The van der Waals surface area contributed by atoms with E-state index in [-0.39, 0.29) is 66.6 Å². The van der Waals surface area contributed by atoms with Gasteiger partial charge in [-0.2, -0.15) is 4.31 Å². The molecule has 1 heterocycles. The van der Waals surface area contributed by atoms with E-state index in [0.29, 0.717) is 12.2 Å². The van der Waals surface area contributed by atoms with Gasteiger partial charge in [-0.25, -0.2) is 8.42 Å². The van der Waals surface area contributed by atoms with E-state index in [2.05, 4.69) is 5.32 Å². The maximum atomic E-state index is 13.7.